The molecule has 176 valence electrons. The SMILES string of the molecule is CC(C)(CC(=O)c1ccc(F)cc1)C(=O)Nc1nc(-c2ccccc2)c(C(=O)N2CCCC2)s1. The highest BCUT2D eigenvalue weighted by atomic mass is 32.1. The number of hydrogen-bond acceptors (Lipinski definition) is 5. The zero-order valence-electron chi connectivity index (χ0n) is 19.1. The zero-order chi connectivity index (χ0) is 24.3. The summed E-state index contributed by atoms with van der Waals surface area (Å²) in [6, 6.07) is 14.7. The number of aromatic nitrogens is 1. The second-order valence-corrected chi connectivity index (χ2v) is 10.0. The van der Waals surface area contributed by atoms with E-state index in [0.717, 1.165) is 29.7 Å². The molecule has 1 fully saturated rings. The molecule has 0 radical (unpaired) electrons. The molecule has 0 bridgehead atoms. The van der Waals surface area contributed by atoms with Gasteiger partial charge in [0.25, 0.3) is 5.91 Å². The molecule has 0 spiro atoms. The molecule has 3 aromatic rings. The molecule has 0 atom stereocenters. The first-order valence-corrected chi connectivity index (χ1v) is 12.0. The van der Waals surface area contributed by atoms with E-state index in [1.165, 1.54) is 24.3 Å². The van der Waals surface area contributed by atoms with Gasteiger partial charge in [-0.05, 0) is 37.1 Å². The summed E-state index contributed by atoms with van der Waals surface area (Å²) in [5.74, 6) is -1.14. The summed E-state index contributed by atoms with van der Waals surface area (Å²) in [4.78, 5) is 45.8. The number of likely N-dealkylation sites (tertiary alicyclic amines) is 1. The topological polar surface area (TPSA) is 79.4 Å². The van der Waals surface area contributed by atoms with Crippen LogP contribution in [-0.4, -0.2) is 40.6 Å². The molecule has 2 aromatic carbocycles. The fraction of sp³-hybridized carbons (Fsp3) is 0.308. The highest BCUT2D eigenvalue weighted by Gasteiger charge is 2.33. The summed E-state index contributed by atoms with van der Waals surface area (Å²) < 4.78 is 13.2. The fourth-order valence-electron chi connectivity index (χ4n) is 3.86. The van der Waals surface area contributed by atoms with E-state index in [0.29, 0.717) is 34.4 Å². The van der Waals surface area contributed by atoms with Gasteiger partial charge >= 0.3 is 0 Å². The molecule has 2 heterocycles. The van der Waals surface area contributed by atoms with Crippen molar-refractivity contribution < 1.29 is 18.8 Å². The number of ketones is 1. The average molecular weight is 480 g/mol. The van der Waals surface area contributed by atoms with Crippen molar-refractivity contribution in [3.8, 4) is 11.3 Å². The summed E-state index contributed by atoms with van der Waals surface area (Å²) in [6.07, 6.45) is 1.90. The molecule has 6 nitrogen and oxygen atoms in total. The Morgan fingerprint density at radius 1 is 1.03 bits per heavy atom. The Labute approximate surface area is 201 Å². The third kappa shape index (κ3) is 5.22. The average Bonchev–Trinajstić information content (AvgIpc) is 3.50. The predicted molar refractivity (Wildman–Crippen MR) is 130 cm³/mol. The van der Waals surface area contributed by atoms with E-state index >= 15 is 0 Å². The Balaban J connectivity index is 1.55. The van der Waals surface area contributed by atoms with Crippen LogP contribution in [0.3, 0.4) is 0 Å². The third-order valence-corrected chi connectivity index (χ3v) is 6.82. The normalized spacial score (nSPS) is 13.7. The first-order valence-electron chi connectivity index (χ1n) is 11.2. The first kappa shape index (κ1) is 23.8. The van der Waals surface area contributed by atoms with Gasteiger partial charge in [0.1, 0.15) is 10.7 Å². The van der Waals surface area contributed by atoms with E-state index in [2.05, 4.69) is 10.3 Å². The van der Waals surface area contributed by atoms with Crippen molar-refractivity contribution in [2.24, 2.45) is 5.41 Å². The lowest BCUT2D eigenvalue weighted by molar-refractivity contribution is -0.123. The van der Waals surface area contributed by atoms with Crippen molar-refractivity contribution in [3.05, 3.63) is 70.9 Å². The van der Waals surface area contributed by atoms with Crippen LogP contribution in [0, 0.1) is 11.2 Å². The number of nitrogens with one attached hydrogen (secondary N) is 1. The number of Topliss-reactive ketones (excluding diaryl/α,β-unsaturated/α-hetero) is 1. The van der Waals surface area contributed by atoms with Crippen molar-refractivity contribution in [1.82, 2.24) is 9.88 Å². The lowest BCUT2D eigenvalue weighted by atomic mass is 9.84. The van der Waals surface area contributed by atoms with Crippen molar-refractivity contribution in [2.45, 2.75) is 33.1 Å². The number of rotatable bonds is 7. The van der Waals surface area contributed by atoms with E-state index in [1.807, 2.05) is 35.2 Å². The van der Waals surface area contributed by atoms with Gasteiger partial charge in [-0.2, -0.15) is 0 Å². The lowest BCUT2D eigenvalue weighted by Crippen LogP contribution is -2.33. The van der Waals surface area contributed by atoms with E-state index in [1.54, 1.807) is 13.8 Å². The molecular formula is C26H26FN3O3S. The molecule has 1 aromatic heterocycles. The standard InChI is InChI=1S/C26H26FN3O3S/c1-26(2,16-20(31)17-10-12-19(27)13-11-17)24(33)29-25-28-21(18-8-4-3-5-9-18)22(34-25)23(32)30-14-6-7-15-30/h3-5,8-13H,6-7,14-16H2,1-2H3,(H,28,29,33). The molecule has 0 saturated carbocycles. The molecule has 2 amide bonds. The molecule has 8 heteroatoms. The maximum Gasteiger partial charge on any atom is 0.266 e. The first-order chi connectivity index (χ1) is 16.2. The Kier molecular flexibility index (Phi) is 6.88. The van der Waals surface area contributed by atoms with Gasteiger partial charge in [0.2, 0.25) is 5.91 Å². The quantitative estimate of drug-likeness (QED) is 0.459. The number of carbonyl (C=O) groups excluding carboxylic acids is 3. The van der Waals surface area contributed by atoms with Gasteiger partial charge in [0.05, 0.1) is 11.1 Å². The van der Waals surface area contributed by atoms with Crippen molar-refractivity contribution in [1.29, 1.82) is 0 Å². The largest absolute Gasteiger partial charge is 0.338 e. The number of thiazole rings is 1. The molecule has 1 aliphatic rings. The minimum atomic E-state index is -1.04. The zero-order valence-corrected chi connectivity index (χ0v) is 20.0. The van der Waals surface area contributed by atoms with Crippen LogP contribution in [0.2, 0.25) is 0 Å². The Morgan fingerprint density at radius 2 is 1.68 bits per heavy atom. The Bertz CT molecular complexity index is 1200. The van der Waals surface area contributed by atoms with Crippen LogP contribution in [0.25, 0.3) is 11.3 Å². The second-order valence-electron chi connectivity index (χ2n) is 9.01. The van der Waals surface area contributed by atoms with Gasteiger partial charge in [0.15, 0.2) is 10.9 Å². The molecular weight excluding hydrogens is 453 g/mol. The van der Waals surface area contributed by atoms with Crippen LogP contribution in [0.4, 0.5) is 9.52 Å². The number of carbonyl (C=O) groups is 3. The van der Waals surface area contributed by atoms with E-state index < -0.39 is 11.2 Å². The summed E-state index contributed by atoms with van der Waals surface area (Å²) in [5, 5.41) is 3.12. The number of anilines is 1. The van der Waals surface area contributed by atoms with Crippen LogP contribution < -0.4 is 5.32 Å². The highest BCUT2D eigenvalue weighted by Crippen LogP contribution is 2.34. The van der Waals surface area contributed by atoms with E-state index in [4.69, 9.17) is 0 Å². The summed E-state index contributed by atoms with van der Waals surface area (Å²) in [5.41, 5.74) is 0.648. The van der Waals surface area contributed by atoms with Crippen molar-refractivity contribution >= 4 is 34.1 Å². The van der Waals surface area contributed by atoms with Crippen LogP contribution in [0.15, 0.2) is 54.6 Å². The number of amides is 2. The van der Waals surface area contributed by atoms with Gasteiger partial charge in [-0.1, -0.05) is 55.5 Å². The van der Waals surface area contributed by atoms with Crippen LogP contribution >= 0.6 is 11.3 Å². The summed E-state index contributed by atoms with van der Waals surface area (Å²) >= 11 is 1.15. The maximum atomic E-state index is 13.2. The minimum absolute atomic E-state index is 0.0546. The van der Waals surface area contributed by atoms with Gasteiger partial charge in [-0.15, -0.1) is 0 Å². The molecule has 1 aliphatic heterocycles. The van der Waals surface area contributed by atoms with Crippen LogP contribution in [0.1, 0.15) is 53.1 Å². The van der Waals surface area contributed by atoms with Crippen LogP contribution in [0.5, 0.6) is 0 Å². The van der Waals surface area contributed by atoms with Gasteiger partial charge < -0.3 is 10.2 Å². The number of nitrogens with zero attached hydrogens (tertiary/aromatic N) is 2. The molecule has 0 unspecified atom stereocenters. The smallest absolute Gasteiger partial charge is 0.266 e. The summed E-state index contributed by atoms with van der Waals surface area (Å²) in [6.45, 7) is 4.77. The molecule has 34 heavy (non-hydrogen) atoms. The second kappa shape index (κ2) is 9.85. The van der Waals surface area contributed by atoms with Crippen molar-refractivity contribution in [3.63, 3.8) is 0 Å². The third-order valence-electron chi connectivity index (χ3n) is 5.87. The van der Waals surface area contributed by atoms with Crippen LogP contribution in [-0.2, 0) is 4.79 Å². The fourth-order valence-corrected chi connectivity index (χ4v) is 4.81. The number of hydrogen-bond donors (Lipinski definition) is 1. The maximum absolute atomic E-state index is 13.2. The lowest BCUT2D eigenvalue weighted by Gasteiger charge is -2.22. The predicted octanol–water partition coefficient (Wildman–Crippen LogP) is 5.42. The Morgan fingerprint density at radius 3 is 2.32 bits per heavy atom. The highest BCUT2D eigenvalue weighted by molar-refractivity contribution is 7.18. The molecule has 1 saturated heterocycles. The van der Waals surface area contributed by atoms with Crippen molar-refractivity contribution in [2.75, 3.05) is 18.4 Å². The monoisotopic (exact) mass is 479 g/mol. The number of benzene rings is 2. The molecule has 0 aliphatic carbocycles. The van der Waals surface area contributed by atoms with Gasteiger partial charge in [0, 0.05) is 30.6 Å². The molecule has 4 rings (SSSR count). The molecule has 1 N–H and O–H groups in total. The van der Waals surface area contributed by atoms with E-state index in [9.17, 15) is 18.8 Å². The van der Waals surface area contributed by atoms with Gasteiger partial charge in [-0.25, -0.2) is 9.37 Å². The Hall–Kier alpha value is -3.39. The van der Waals surface area contributed by atoms with Gasteiger partial charge in [-0.3, -0.25) is 14.4 Å². The minimum Gasteiger partial charge on any atom is -0.338 e. The summed E-state index contributed by atoms with van der Waals surface area (Å²) in [7, 11) is 0. The number of halogens is 1. The van der Waals surface area contributed by atoms with E-state index in [-0.39, 0.29) is 24.0 Å².